The number of carbonyl (C=O) groups is 1. The average Bonchev–Trinajstić information content (AvgIpc) is 3.19. The van der Waals surface area contributed by atoms with Gasteiger partial charge in [0.25, 0.3) is 0 Å². The summed E-state index contributed by atoms with van der Waals surface area (Å²) in [4.78, 5) is 11.4. The predicted molar refractivity (Wildman–Crippen MR) is 79.5 cm³/mol. The van der Waals surface area contributed by atoms with Crippen molar-refractivity contribution in [3.05, 3.63) is 0 Å². The van der Waals surface area contributed by atoms with Crippen molar-refractivity contribution in [2.75, 3.05) is 26.2 Å². The number of hydrogen-bond donors (Lipinski definition) is 3. The second-order valence-corrected chi connectivity index (χ2v) is 6.20. The summed E-state index contributed by atoms with van der Waals surface area (Å²) in [5.74, 6) is 1.03. The van der Waals surface area contributed by atoms with Crippen LogP contribution in [0.15, 0.2) is 0 Å². The van der Waals surface area contributed by atoms with Crippen molar-refractivity contribution in [1.29, 1.82) is 0 Å². The Labute approximate surface area is 122 Å². The Morgan fingerprint density at radius 1 is 1.30 bits per heavy atom. The minimum absolute atomic E-state index is 0.165. The Bertz CT molecular complexity index is 280. The van der Waals surface area contributed by atoms with E-state index in [9.17, 15) is 9.90 Å². The third-order valence-electron chi connectivity index (χ3n) is 3.31. The first-order valence-electron chi connectivity index (χ1n) is 7.77. The number of rotatable bonds is 11. The fraction of sp³-hybridized carbons (Fsp3) is 0.933. The minimum atomic E-state index is -0.497. The van der Waals surface area contributed by atoms with Crippen molar-refractivity contribution in [2.45, 2.75) is 52.2 Å². The largest absolute Gasteiger partial charge is 0.389 e. The number of aliphatic hydroxyl groups is 1. The van der Waals surface area contributed by atoms with E-state index in [4.69, 9.17) is 4.74 Å². The summed E-state index contributed by atoms with van der Waals surface area (Å²) in [6.07, 6.45) is 2.76. The van der Waals surface area contributed by atoms with E-state index < -0.39 is 6.10 Å². The smallest absolute Gasteiger partial charge is 0.223 e. The summed E-state index contributed by atoms with van der Waals surface area (Å²) in [6, 6.07) is 0. The number of carbonyl (C=O) groups excluding carboxylic acids is 1. The van der Waals surface area contributed by atoms with Crippen LogP contribution in [0, 0.1) is 11.8 Å². The molecule has 118 valence electrons. The van der Waals surface area contributed by atoms with Crippen LogP contribution in [0.3, 0.4) is 0 Å². The topological polar surface area (TPSA) is 70.6 Å². The van der Waals surface area contributed by atoms with Gasteiger partial charge in [0.05, 0.1) is 18.8 Å². The molecule has 2 atom stereocenters. The molecule has 20 heavy (non-hydrogen) atoms. The van der Waals surface area contributed by atoms with Gasteiger partial charge in [-0.05, 0) is 32.1 Å². The zero-order chi connectivity index (χ0) is 15.0. The van der Waals surface area contributed by atoms with Gasteiger partial charge in [0.15, 0.2) is 0 Å². The summed E-state index contributed by atoms with van der Waals surface area (Å²) >= 11 is 0. The molecule has 0 aromatic carbocycles. The molecule has 3 N–H and O–H groups in total. The van der Waals surface area contributed by atoms with Crippen LogP contribution in [0.2, 0.25) is 0 Å². The van der Waals surface area contributed by atoms with E-state index in [0.29, 0.717) is 32.2 Å². The molecule has 0 saturated heterocycles. The van der Waals surface area contributed by atoms with Crippen molar-refractivity contribution in [3.8, 4) is 0 Å². The normalized spacial score (nSPS) is 18.1. The molecule has 1 rings (SSSR count). The van der Waals surface area contributed by atoms with Gasteiger partial charge in [-0.2, -0.15) is 0 Å². The second kappa shape index (κ2) is 9.32. The Balaban J connectivity index is 1.91. The Hall–Kier alpha value is -0.650. The third kappa shape index (κ3) is 8.51. The molecule has 0 heterocycles. The van der Waals surface area contributed by atoms with Crippen molar-refractivity contribution in [3.63, 3.8) is 0 Å². The summed E-state index contributed by atoms with van der Waals surface area (Å²) in [7, 11) is 0. The van der Waals surface area contributed by atoms with Crippen LogP contribution in [0.4, 0.5) is 0 Å². The monoisotopic (exact) mass is 286 g/mol. The molecule has 1 fully saturated rings. The highest BCUT2D eigenvalue weighted by atomic mass is 16.5. The van der Waals surface area contributed by atoms with Crippen LogP contribution in [-0.2, 0) is 9.53 Å². The van der Waals surface area contributed by atoms with Gasteiger partial charge in [0, 0.05) is 25.6 Å². The van der Waals surface area contributed by atoms with Crippen molar-refractivity contribution >= 4 is 5.91 Å². The van der Waals surface area contributed by atoms with E-state index in [1.54, 1.807) is 0 Å². The van der Waals surface area contributed by atoms with Crippen LogP contribution in [0.25, 0.3) is 0 Å². The number of amides is 1. The molecule has 1 saturated carbocycles. The SMILES string of the molecule is CC(C)CC(C)OCC(O)CNCCNC(=O)C1CC1. The highest BCUT2D eigenvalue weighted by Gasteiger charge is 2.28. The fourth-order valence-electron chi connectivity index (χ4n) is 2.10. The number of hydrogen-bond acceptors (Lipinski definition) is 4. The molecule has 5 heteroatoms. The van der Waals surface area contributed by atoms with E-state index in [2.05, 4.69) is 24.5 Å². The van der Waals surface area contributed by atoms with Gasteiger partial charge in [-0.25, -0.2) is 0 Å². The maximum Gasteiger partial charge on any atom is 0.223 e. The first-order chi connectivity index (χ1) is 9.49. The lowest BCUT2D eigenvalue weighted by Crippen LogP contribution is -2.37. The summed E-state index contributed by atoms with van der Waals surface area (Å²) in [5.41, 5.74) is 0. The maximum absolute atomic E-state index is 11.4. The van der Waals surface area contributed by atoms with Gasteiger partial charge < -0.3 is 20.5 Å². The molecule has 0 aromatic rings. The lowest BCUT2D eigenvalue weighted by atomic mass is 10.1. The van der Waals surface area contributed by atoms with E-state index in [1.165, 1.54) is 0 Å². The summed E-state index contributed by atoms with van der Waals surface area (Å²) < 4.78 is 5.59. The third-order valence-corrected chi connectivity index (χ3v) is 3.31. The second-order valence-electron chi connectivity index (χ2n) is 6.20. The van der Waals surface area contributed by atoms with E-state index in [0.717, 1.165) is 19.3 Å². The van der Waals surface area contributed by atoms with E-state index in [-0.39, 0.29) is 17.9 Å². The Morgan fingerprint density at radius 3 is 2.60 bits per heavy atom. The Kier molecular flexibility index (Phi) is 8.11. The van der Waals surface area contributed by atoms with Crippen molar-refractivity contribution in [2.24, 2.45) is 11.8 Å². The van der Waals surface area contributed by atoms with Gasteiger partial charge in [-0.3, -0.25) is 4.79 Å². The molecule has 5 nitrogen and oxygen atoms in total. The van der Waals surface area contributed by atoms with Gasteiger partial charge in [0.1, 0.15) is 0 Å². The molecule has 2 unspecified atom stereocenters. The van der Waals surface area contributed by atoms with Crippen LogP contribution in [0.5, 0.6) is 0 Å². The van der Waals surface area contributed by atoms with Crippen molar-refractivity contribution < 1.29 is 14.6 Å². The first-order valence-corrected chi connectivity index (χ1v) is 7.77. The molecule has 0 bridgehead atoms. The van der Waals surface area contributed by atoms with Crippen molar-refractivity contribution in [1.82, 2.24) is 10.6 Å². The number of aliphatic hydroxyl groups excluding tert-OH is 1. The minimum Gasteiger partial charge on any atom is -0.389 e. The van der Waals surface area contributed by atoms with Crippen LogP contribution in [0.1, 0.15) is 40.0 Å². The standard InChI is InChI=1S/C15H30N2O3/c1-11(2)8-12(3)20-10-14(18)9-16-6-7-17-15(19)13-4-5-13/h11-14,16,18H,4-10H2,1-3H3,(H,17,19). The molecule has 0 spiro atoms. The summed E-state index contributed by atoms with van der Waals surface area (Å²) in [5, 5.41) is 15.8. The van der Waals surface area contributed by atoms with E-state index >= 15 is 0 Å². The van der Waals surface area contributed by atoms with Crippen LogP contribution < -0.4 is 10.6 Å². The molecule has 1 amide bonds. The lowest BCUT2D eigenvalue weighted by molar-refractivity contribution is -0.122. The number of nitrogens with one attached hydrogen (secondary N) is 2. The quantitative estimate of drug-likeness (QED) is 0.494. The van der Waals surface area contributed by atoms with Crippen LogP contribution in [-0.4, -0.2) is 49.5 Å². The molecular formula is C15H30N2O3. The summed E-state index contributed by atoms with van der Waals surface area (Å²) in [6.45, 7) is 8.50. The van der Waals surface area contributed by atoms with Crippen LogP contribution >= 0.6 is 0 Å². The first kappa shape index (κ1) is 17.4. The molecule has 0 aliphatic heterocycles. The molecule has 0 radical (unpaired) electrons. The zero-order valence-corrected chi connectivity index (χ0v) is 13.0. The van der Waals surface area contributed by atoms with Gasteiger partial charge in [0.2, 0.25) is 5.91 Å². The van der Waals surface area contributed by atoms with Gasteiger partial charge in [-0.1, -0.05) is 13.8 Å². The highest BCUT2D eigenvalue weighted by Crippen LogP contribution is 2.28. The van der Waals surface area contributed by atoms with Gasteiger partial charge >= 0.3 is 0 Å². The molecule has 1 aliphatic carbocycles. The number of ether oxygens (including phenoxy) is 1. The molecular weight excluding hydrogens is 256 g/mol. The fourth-order valence-corrected chi connectivity index (χ4v) is 2.10. The zero-order valence-electron chi connectivity index (χ0n) is 13.0. The maximum atomic E-state index is 11.4. The van der Waals surface area contributed by atoms with E-state index in [1.807, 2.05) is 6.92 Å². The highest BCUT2D eigenvalue weighted by molar-refractivity contribution is 5.80. The van der Waals surface area contributed by atoms with Gasteiger partial charge in [-0.15, -0.1) is 0 Å². The Morgan fingerprint density at radius 2 is 2.00 bits per heavy atom. The average molecular weight is 286 g/mol. The lowest BCUT2D eigenvalue weighted by Gasteiger charge is -2.18. The molecule has 1 aliphatic rings. The predicted octanol–water partition coefficient (Wildman–Crippen LogP) is 0.914. The molecule has 0 aromatic heterocycles.